The predicted molar refractivity (Wildman–Crippen MR) is 73.4 cm³/mol. The first-order chi connectivity index (χ1) is 9.51. The molecule has 0 saturated carbocycles. The van der Waals surface area contributed by atoms with Crippen LogP contribution in [-0.4, -0.2) is 21.2 Å². The maximum absolute atomic E-state index is 11.1. The van der Waals surface area contributed by atoms with Gasteiger partial charge in [-0.15, -0.1) is 11.3 Å². The third kappa shape index (κ3) is 3.16. The summed E-state index contributed by atoms with van der Waals surface area (Å²) in [6.07, 6.45) is 0.770. The SMILES string of the molecule is CCc1cc(OCc2nc(C(C)C)no2)c(C(=O)O)s1. The molecule has 0 radical (unpaired) electrons. The number of ether oxygens (including phenoxy) is 1. The Hall–Kier alpha value is -1.89. The van der Waals surface area contributed by atoms with Gasteiger partial charge in [0.05, 0.1) is 0 Å². The van der Waals surface area contributed by atoms with Crippen LogP contribution in [0.15, 0.2) is 10.6 Å². The van der Waals surface area contributed by atoms with Crippen molar-refractivity contribution in [2.45, 2.75) is 39.7 Å². The third-order valence-electron chi connectivity index (χ3n) is 2.64. The molecule has 0 fully saturated rings. The lowest BCUT2D eigenvalue weighted by molar-refractivity contribution is 0.0697. The number of nitrogens with zero attached hydrogens (tertiary/aromatic N) is 2. The van der Waals surface area contributed by atoms with E-state index >= 15 is 0 Å². The Morgan fingerprint density at radius 1 is 1.55 bits per heavy atom. The molecule has 2 rings (SSSR count). The second-order valence-corrected chi connectivity index (χ2v) is 5.69. The van der Waals surface area contributed by atoms with Crippen LogP contribution in [0.1, 0.15) is 53.0 Å². The highest BCUT2D eigenvalue weighted by atomic mass is 32.1. The van der Waals surface area contributed by atoms with Crippen molar-refractivity contribution in [3.63, 3.8) is 0 Å². The summed E-state index contributed by atoms with van der Waals surface area (Å²) >= 11 is 1.22. The van der Waals surface area contributed by atoms with Crippen molar-refractivity contribution in [3.05, 3.63) is 27.5 Å². The van der Waals surface area contributed by atoms with Crippen LogP contribution in [0.4, 0.5) is 0 Å². The molecule has 2 heterocycles. The fourth-order valence-corrected chi connectivity index (χ4v) is 2.43. The van der Waals surface area contributed by atoms with E-state index in [1.165, 1.54) is 11.3 Å². The molecule has 108 valence electrons. The quantitative estimate of drug-likeness (QED) is 0.881. The van der Waals surface area contributed by atoms with E-state index in [9.17, 15) is 4.79 Å². The molecular weight excluding hydrogens is 280 g/mol. The molecule has 2 aromatic rings. The Morgan fingerprint density at radius 2 is 2.30 bits per heavy atom. The zero-order valence-corrected chi connectivity index (χ0v) is 12.4. The maximum atomic E-state index is 11.1. The van der Waals surface area contributed by atoms with Crippen molar-refractivity contribution in [1.29, 1.82) is 0 Å². The van der Waals surface area contributed by atoms with E-state index in [0.717, 1.165) is 11.3 Å². The number of hydrogen-bond donors (Lipinski definition) is 1. The number of aryl methyl sites for hydroxylation is 1. The number of aromatic nitrogens is 2. The summed E-state index contributed by atoms with van der Waals surface area (Å²) in [5, 5.41) is 13.0. The van der Waals surface area contributed by atoms with Gasteiger partial charge in [0.15, 0.2) is 17.3 Å². The number of carbonyl (C=O) groups is 1. The summed E-state index contributed by atoms with van der Waals surface area (Å²) in [6.45, 7) is 5.96. The Kier molecular flexibility index (Phi) is 4.39. The van der Waals surface area contributed by atoms with Gasteiger partial charge in [-0.05, 0) is 12.5 Å². The summed E-state index contributed by atoms with van der Waals surface area (Å²) in [4.78, 5) is 16.5. The largest absolute Gasteiger partial charge is 0.482 e. The van der Waals surface area contributed by atoms with Crippen LogP contribution in [0.5, 0.6) is 5.75 Å². The number of carboxylic acids is 1. The van der Waals surface area contributed by atoms with Crippen LogP contribution >= 0.6 is 11.3 Å². The predicted octanol–water partition coefficient (Wildman–Crippen LogP) is 3.09. The first-order valence-corrected chi connectivity index (χ1v) is 7.14. The molecule has 0 atom stereocenters. The summed E-state index contributed by atoms with van der Waals surface area (Å²) in [7, 11) is 0. The summed E-state index contributed by atoms with van der Waals surface area (Å²) in [6, 6.07) is 1.74. The van der Waals surface area contributed by atoms with Gasteiger partial charge in [-0.3, -0.25) is 0 Å². The maximum Gasteiger partial charge on any atom is 0.349 e. The molecule has 0 bridgehead atoms. The lowest BCUT2D eigenvalue weighted by atomic mass is 10.2. The van der Waals surface area contributed by atoms with Gasteiger partial charge >= 0.3 is 5.97 Å². The van der Waals surface area contributed by atoms with Gasteiger partial charge in [-0.2, -0.15) is 4.98 Å². The lowest BCUT2D eigenvalue weighted by Crippen LogP contribution is -2.00. The van der Waals surface area contributed by atoms with E-state index in [4.69, 9.17) is 14.4 Å². The monoisotopic (exact) mass is 296 g/mol. The van der Waals surface area contributed by atoms with Crippen molar-refractivity contribution in [1.82, 2.24) is 10.1 Å². The molecule has 0 unspecified atom stereocenters. The van der Waals surface area contributed by atoms with E-state index in [1.807, 2.05) is 20.8 Å². The summed E-state index contributed by atoms with van der Waals surface area (Å²) < 4.78 is 10.5. The Labute approximate surface area is 120 Å². The van der Waals surface area contributed by atoms with E-state index < -0.39 is 5.97 Å². The molecule has 0 aromatic carbocycles. The van der Waals surface area contributed by atoms with E-state index in [1.54, 1.807) is 6.07 Å². The second kappa shape index (κ2) is 6.04. The lowest BCUT2D eigenvalue weighted by Gasteiger charge is -2.01. The number of aromatic carboxylic acids is 1. The molecular formula is C13H16N2O4S. The van der Waals surface area contributed by atoms with Crippen LogP contribution in [0.2, 0.25) is 0 Å². The molecule has 0 aliphatic carbocycles. The van der Waals surface area contributed by atoms with Crippen LogP contribution in [-0.2, 0) is 13.0 Å². The highest BCUT2D eigenvalue weighted by Gasteiger charge is 2.17. The molecule has 0 spiro atoms. The number of rotatable bonds is 6. The van der Waals surface area contributed by atoms with Crippen molar-refractivity contribution in [3.8, 4) is 5.75 Å². The standard InChI is InChI=1S/C13H16N2O4S/c1-4-8-5-9(11(20-8)13(16)17)18-6-10-14-12(7(2)3)15-19-10/h5,7H,4,6H2,1-3H3,(H,16,17). The first-order valence-electron chi connectivity index (χ1n) is 6.32. The zero-order chi connectivity index (χ0) is 14.7. The van der Waals surface area contributed by atoms with Crippen LogP contribution in [0.3, 0.4) is 0 Å². The molecule has 0 saturated heterocycles. The Bertz CT molecular complexity index is 603. The fraction of sp³-hybridized carbons (Fsp3) is 0.462. The van der Waals surface area contributed by atoms with Crippen LogP contribution in [0, 0.1) is 0 Å². The van der Waals surface area contributed by atoms with Gasteiger partial charge in [0.1, 0.15) is 5.75 Å². The molecule has 0 aliphatic heterocycles. The minimum Gasteiger partial charge on any atom is -0.482 e. The smallest absolute Gasteiger partial charge is 0.349 e. The van der Waals surface area contributed by atoms with Crippen LogP contribution < -0.4 is 4.74 Å². The van der Waals surface area contributed by atoms with Crippen molar-refractivity contribution < 1.29 is 19.2 Å². The normalized spacial score (nSPS) is 11.0. The first kappa shape index (κ1) is 14.5. The van der Waals surface area contributed by atoms with Gasteiger partial charge in [0.2, 0.25) is 0 Å². The molecule has 0 amide bonds. The summed E-state index contributed by atoms with van der Waals surface area (Å²) in [5.41, 5.74) is 0. The van der Waals surface area contributed by atoms with Gasteiger partial charge < -0.3 is 14.4 Å². The highest BCUT2D eigenvalue weighted by molar-refractivity contribution is 7.14. The molecule has 7 heteroatoms. The molecule has 2 aromatic heterocycles. The Morgan fingerprint density at radius 3 is 2.85 bits per heavy atom. The highest BCUT2D eigenvalue weighted by Crippen LogP contribution is 2.30. The van der Waals surface area contributed by atoms with E-state index in [-0.39, 0.29) is 17.4 Å². The minimum absolute atomic E-state index is 0.0693. The molecule has 1 N–H and O–H groups in total. The van der Waals surface area contributed by atoms with Crippen molar-refractivity contribution >= 4 is 17.3 Å². The number of hydrogen-bond acceptors (Lipinski definition) is 6. The van der Waals surface area contributed by atoms with E-state index in [2.05, 4.69) is 10.1 Å². The van der Waals surface area contributed by atoms with Crippen molar-refractivity contribution in [2.75, 3.05) is 0 Å². The van der Waals surface area contributed by atoms with E-state index in [0.29, 0.717) is 17.5 Å². The fourth-order valence-electron chi connectivity index (χ4n) is 1.55. The third-order valence-corrected chi connectivity index (χ3v) is 3.89. The number of thiophene rings is 1. The average molecular weight is 296 g/mol. The molecule has 6 nitrogen and oxygen atoms in total. The number of carboxylic acid groups (broad SMARTS) is 1. The molecule has 20 heavy (non-hydrogen) atoms. The average Bonchev–Trinajstić information content (AvgIpc) is 3.03. The van der Waals surface area contributed by atoms with Gasteiger partial charge in [-0.25, -0.2) is 4.79 Å². The molecule has 0 aliphatic rings. The Balaban J connectivity index is 2.09. The topological polar surface area (TPSA) is 85.5 Å². The summed E-state index contributed by atoms with van der Waals surface area (Å²) in [5.74, 6) is 0.493. The van der Waals surface area contributed by atoms with Gasteiger partial charge in [-0.1, -0.05) is 25.9 Å². The van der Waals surface area contributed by atoms with Crippen LogP contribution in [0.25, 0.3) is 0 Å². The zero-order valence-electron chi connectivity index (χ0n) is 11.5. The minimum atomic E-state index is -0.988. The second-order valence-electron chi connectivity index (χ2n) is 4.55. The van der Waals surface area contributed by atoms with Gasteiger partial charge in [0, 0.05) is 10.8 Å². The van der Waals surface area contributed by atoms with Crippen molar-refractivity contribution in [2.24, 2.45) is 0 Å². The van der Waals surface area contributed by atoms with Gasteiger partial charge in [0.25, 0.3) is 5.89 Å².